The molecule has 0 bridgehead atoms. The quantitative estimate of drug-likeness (QED) is 0.0150. The number of aldehydes is 1. The number of halogens is 3. The van der Waals surface area contributed by atoms with Gasteiger partial charge in [-0.05, 0) is 323 Å². The Morgan fingerprint density at radius 1 is 0.377 bits per heavy atom. The summed E-state index contributed by atoms with van der Waals surface area (Å²) in [6.45, 7) is 30.6. The zero-order valence-electron chi connectivity index (χ0n) is 66.3. The summed E-state index contributed by atoms with van der Waals surface area (Å²) in [6, 6.07) is 66.1. The molecular formula is C88H100Cl2IN9O10P4. The number of phenols is 1. The maximum atomic E-state index is 11.5. The van der Waals surface area contributed by atoms with Crippen molar-refractivity contribution in [3.63, 3.8) is 0 Å². The Morgan fingerprint density at radius 2 is 0.711 bits per heavy atom. The van der Waals surface area contributed by atoms with Gasteiger partial charge in [-0.1, -0.05) is 68.5 Å². The summed E-state index contributed by atoms with van der Waals surface area (Å²) in [7, 11) is 9.08. The van der Waals surface area contributed by atoms with Crippen LogP contribution in [0.25, 0.3) is 77.3 Å². The first kappa shape index (κ1) is 93.2. The summed E-state index contributed by atoms with van der Waals surface area (Å²) < 4.78 is 30.7. The summed E-state index contributed by atoms with van der Waals surface area (Å²) in [4.78, 5) is 14.8. The average molecular weight is 1770 g/mol. The summed E-state index contributed by atoms with van der Waals surface area (Å²) in [5.41, 5.74) is 29.2. The van der Waals surface area contributed by atoms with Crippen LogP contribution in [0.3, 0.4) is 0 Å². The predicted octanol–water partition coefficient (Wildman–Crippen LogP) is 22.9. The van der Waals surface area contributed by atoms with Crippen LogP contribution in [0.15, 0.2) is 204 Å². The molecule has 10 N–H and O–H groups in total. The number of rotatable bonds is 11. The van der Waals surface area contributed by atoms with Crippen molar-refractivity contribution < 1.29 is 48.8 Å². The third-order valence-corrected chi connectivity index (χ3v) is 20.8. The third-order valence-electron chi connectivity index (χ3n) is 19.1. The molecule has 19 nitrogen and oxygen atoms in total. The summed E-state index contributed by atoms with van der Waals surface area (Å²) in [5, 5.41) is 52.9. The van der Waals surface area contributed by atoms with Crippen molar-refractivity contribution in [2.75, 3.05) is 0 Å². The summed E-state index contributed by atoms with van der Waals surface area (Å²) in [5.74, 6) is 10.8. The highest BCUT2D eigenvalue weighted by Crippen LogP contribution is 2.36. The molecule has 5 heterocycles. The molecule has 0 saturated carbocycles. The lowest BCUT2D eigenvalue weighted by Gasteiger charge is -2.12. The van der Waals surface area contributed by atoms with Gasteiger partial charge in [0.15, 0.2) is 6.29 Å². The number of nitrogens with two attached hydrogens (primary N) is 2. The van der Waals surface area contributed by atoms with E-state index in [4.69, 9.17) is 38.9 Å². The van der Waals surface area contributed by atoms with Gasteiger partial charge in [0.1, 0.15) is 28.7 Å². The number of H-pyrrole nitrogens is 1. The number of nitrogens with zero attached hydrogens (tertiary/aromatic N) is 6. The number of benzene rings is 10. The van der Waals surface area contributed by atoms with E-state index in [1.807, 2.05) is 117 Å². The Bertz CT molecular complexity index is 5910. The first-order valence-corrected chi connectivity index (χ1v) is 38.4. The molecule has 0 spiro atoms. The van der Waals surface area contributed by atoms with Crippen molar-refractivity contribution >= 4 is 159 Å². The highest BCUT2D eigenvalue weighted by atomic mass is 127. The van der Waals surface area contributed by atoms with Gasteiger partial charge in [0.25, 0.3) is 0 Å². The number of oxime groups is 2. The number of aryl methyl sites for hydroxylation is 12. The molecule has 114 heavy (non-hydrogen) atoms. The minimum atomic E-state index is 0. The number of phenolic OH excluding ortho intramolecular Hbond substituents is 1. The molecule has 598 valence electrons. The Morgan fingerprint density at radius 3 is 1.09 bits per heavy atom. The smallest absolute Gasteiger partial charge is 0.152 e. The Labute approximate surface area is 701 Å². The molecule has 0 fully saturated rings. The Hall–Kier alpha value is -9.62. The fourth-order valence-corrected chi connectivity index (χ4v) is 15.4. The predicted molar refractivity (Wildman–Crippen MR) is 495 cm³/mol. The fourth-order valence-electron chi connectivity index (χ4n) is 13.7. The second-order valence-corrected chi connectivity index (χ2v) is 29.3. The molecule has 0 amide bonds. The molecule has 5 aromatic heterocycles. The van der Waals surface area contributed by atoms with E-state index in [-0.39, 0.29) is 30.6 Å². The van der Waals surface area contributed by atoms with Gasteiger partial charge in [-0.3, -0.25) is 4.79 Å². The van der Waals surface area contributed by atoms with Gasteiger partial charge < -0.3 is 67.3 Å². The molecular weight excluding hydrogens is 1660 g/mol. The molecule has 10 aromatic carbocycles. The summed E-state index contributed by atoms with van der Waals surface area (Å²) >= 11 is 2.28. The topological polar surface area (TPSA) is 267 Å². The molecule has 0 aliphatic carbocycles. The molecule has 15 rings (SSSR count). The van der Waals surface area contributed by atoms with E-state index in [2.05, 4.69) is 281 Å². The van der Waals surface area contributed by atoms with Crippen LogP contribution in [-0.4, -0.2) is 67.9 Å². The van der Waals surface area contributed by atoms with Crippen LogP contribution >= 0.6 is 85.3 Å². The number of nitrogens with one attached hydrogen (secondary N) is 1. The van der Waals surface area contributed by atoms with Crippen molar-refractivity contribution in [1.29, 1.82) is 0 Å². The van der Waals surface area contributed by atoms with Crippen LogP contribution in [0.4, 0.5) is 0 Å². The Kier molecular flexibility index (Phi) is 35.3. The van der Waals surface area contributed by atoms with Crippen LogP contribution in [0.2, 0.25) is 0 Å². The Balaban J connectivity index is 0.000000214. The standard InChI is InChI=1S/C18H19N2O2P.C18H18N2O2.C18H18NO2P.C17H18NOP.C10H11N.C7H8IOP.2ClH.2H3NO/c1-11-4-6-17-15(8-11)16(10-19-21)13(3)20(17)14-5-7-18(22-23)12(2)9-14;1-11-4-6-17-15(8-11)16(10-19-22)13(3)20(17)14-5-7-18(21)12(2)9-14;1-11-4-6-17-15(8-11)16(10-20)13(3)19(17)14-5-7-18(21-22)12(2)9-14;1-11-4-6-16-14(8-11)10-13(3)18(16)15-5-7-17(19-20)12(2)9-15;1-7-3-4-10-9(5-7)6-8(2)11-10;1-5-4-6(8)2-3-7(5)9-10;;;2*1-2/h4-10,21H,23H2,1-3H3;4-10,21-22H,1-3H3;4-10H,22H2,1-3H3;4-10H,20H2,1-3H3;3-6,11H,1-2H3;2-4H,10H2,1H3;2*1H;2*2H,1H2/b2*19-10+;;;;;;;;. The molecule has 4 atom stereocenters. The van der Waals surface area contributed by atoms with Crippen molar-refractivity contribution in [3.05, 3.63) is 298 Å². The van der Waals surface area contributed by atoms with Crippen molar-refractivity contribution in [1.82, 2.24) is 23.3 Å². The number of fused-ring (bicyclic) bond motifs is 5. The van der Waals surface area contributed by atoms with Gasteiger partial charge in [-0.25, -0.2) is 11.8 Å². The van der Waals surface area contributed by atoms with E-state index < -0.39 is 0 Å². The maximum absolute atomic E-state index is 11.5. The van der Waals surface area contributed by atoms with Gasteiger partial charge in [0.05, 0.1) is 72.4 Å². The molecule has 0 aliphatic rings. The van der Waals surface area contributed by atoms with Crippen LogP contribution in [-0.2, 0) is 0 Å². The maximum Gasteiger partial charge on any atom is 0.152 e. The lowest BCUT2D eigenvalue weighted by Crippen LogP contribution is -1.98. The van der Waals surface area contributed by atoms with E-state index in [0.717, 1.165) is 146 Å². The largest absolute Gasteiger partial charge is 0.508 e. The second kappa shape index (κ2) is 43.2. The molecule has 4 unspecified atom stereocenters. The molecule has 0 radical (unpaired) electrons. The van der Waals surface area contributed by atoms with Crippen LogP contribution in [0.1, 0.15) is 106 Å². The van der Waals surface area contributed by atoms with Gasteiger partial charge in [0, 0.05) is 98.5 Å². The molecule has 0 saturated heterocycles. The molecule has 15 aromatic rings. The lowest BCUT2D eigenvalue weighted by molar-refractivity contribution is 0.112. The van der Waals surface area contributed by atoms with Crippen molar-refractivity contribution in [2.24, 2.45) is 22.1 Å². The zero-order chi connectivity index (χ0) is 81.9. The van der Waals surface area contributed by atoms with Crippen molar-refractivity contribution in [3.8, 4) is 51.5 Å². The van der Waals surface area contributed by atoms with E-state index in [1.165, 1.54) is 77.1 Å². The summed E-state index contributed by atoms with van der Waals surface area (Å²) in [6.07, 6.45) is 3.92. The van der Waals surface area contributed by atoms with Gasteiger partial charge >= 0.3 is 0 Å². The minimum absolute atomic E-state index is 0. The van der Waals surface area contributed by atoms with Crippen LogP contribution < -0.4 is 29.9 Å². The minimum Gasteiger partial charge on any atom is -0.508 e. The molecule has 0 aliphatic heterocycles. The average Bonchev–Trinajstić information content (AvgIpc) is 1.61. The monoisotopic (exact) mass is 1760 g/mol. The highest BCUT2D eigenvalue weighted by molar-refractivity contribution is 14.1. The number of aromatic nitrogens is 5. The van der Waals surface area contributed by atoms with E-state index in [0.29, 0.717) is 0 Å². The number of aromatic amines is 1. The second-order valence-electron chi connectivity index (χ2n) is 27.1. The number of hydrogen-bond acceptors (Lipinski definition) is 14. The first-order chi connectivity index (χ1) is 53.7. The van der Waals surface area contributed by atoms with E-state index >= 15 is 0 Å². The van der Waals surface area contributed by atoms with E-state index in [1.54, 1.807) is 6.07 Å². The SMILES string of the molecule is Cc1cc(I)ccc1OP.Cc1ccc2[nH]c(C)cc2c1.Cc1ccc2c(c1)c(/C=N/O)c(C)n2-c1ccc(O)c(C)c1.Cc1ccc2c(c1)c(/C=N/O)c(C)n2-c1ccc(OP)c(C)c1.Cc1ccc2c(c1)c(C=O)c(C)n2-c1ccc(OP)c(C)c1.Cc1ccc2c(c1)cc(C)n2-c1ccc(OP)c(C)c1.Cl.Cl.NO.NO. The van der Waals surface area contributed by atoms with Crippen LogP contribution in [0, 0.1) is 107 Å². The number of carbonyl (C=O) groups is 1. The fraction of sp³-hybridized carbons (Fsp3) is 0.170. The van der Waals surface area contributed by atoms with Crippen molar-refractivity contribution in [2.45, 2.75) is 104 Å². The third kappa shape index (κ3) is 21.7. The van der Waals surface area contributed by atoms with Gasteiger partial charge in [0.2, 0.25) is 0 Å². The van der Waals surface area contributed by atoms with E-state index in [9.17, 15) is 9.90 Å². The number of aromatic hydroxyl groups is 1. The first-order valence-electron chi connectivity index (χ1n) is 35.4. The number of carbonyl (C=O) groups excluding carboxylic acids is 1. The number of hydrogen-bond donors (Lipinski definition) is 8. The van der Waals surface area contributed by atoms with Gasteiger partial charge in [-0.15, -0.1) is 24.8 Å². The normalized spacial score (nSPS) is 10.6. The lowest BCUT2D eigenvalue weighted by atomic mass is 10.1. The zero-order valence-corrected chi connectivity index (χ0v) is 74.7. The highest BCUT2D eigenvalue weighted by Gasteiger charge is 2.20. The van der Waals surface area contributed by atoms with Crippen LogP contribution in [0.5, 0.6) is 28.7 Å². The van der Waals surface area contributed by atoms with Gasteiger partial charge in [-0.2, -0.15) is 0 Å². The molecule has 26 heteroatoms.